The standard InChI is InChI=1S/C14H21NO3/c1-2-13-3-5-14(6-4-13)18-12-9-15(7-10-16)8-11-17/h2-6,16-17H,1,7-12H2. The topological polar surface area (TPSA) is 52.9 Å². The summed E-state index contributed by atoms with van der Waals surface area (Å²) < 4.78 is 5.59. The van der Waals surface area contributed by atoms with Crippen molar-refractivity contribution in [2.24, 2.45) is 0 Å². The van der Waals surface area contributed by atoms with Gasteiger partial charge in [-0.2, -0.15) is 0 Å². The van der Waals surface area contributed by atoms with E-state index in [1.54, 1.807) is 6.08 Å². The second kappa shape index (κ2) is 8.69. The summed E-state index contributed by atoms with van der Waals surface area (Å²) in [5.74, 6) is 0.813. The fraction of sp³-hybridized carbons (Fsp3) is 0.429. The minimum atomic E-state index is 0.0913. The van der Waals surface area contributed by atoms with Gasteiger partial charge in [-0.05, 0) is 17.7 Å². The lowest BCUT2D eigenvalue weighted by atomic mass is 10.2. The lowest BCUT2D eigenvalue weighted by molar-refractivity contribution is 0.141. The number of aliphatic hydroxyl groups excluding tert-OH is 2. The van der Waals surface area contributed by atoms with E-state index in [0.29, 0.717) is 26.2 Å². The highest BCUT2D eigenvalue weighted by molar-refractivity contribution is 5.48. The van der Waals surface area contributed by atoms with Crippen LogP contribution in [0.25, 0.3) is 6.08 Å². The van der Waals surface area contributed by atoms with Gasteiger partial charge in [0.25, 0.3) is 0 Å². The smallest absolute Gasteiger partial charge is 0.119 e. The maximum absolute atomic E-state index is 8.86. The summed E-state index contributed by atoms with van der Waals surface area (Å²) in [6.45, 7) is 6.20. The summed E-state index contributed by atoms with van der Waals surface area (Å²) >= 11 is 0. The summed E-state index contributed by atoms with van der Waals surface area (Å²) in [6.07, 6.45) is 1.79. The molecule has 0 aliphatic rings. The fourth-order valence-corrected chi connectivity index (χ4v) is 1.61. The second-order valence-corrected chi connectivity index (χ2v) is 3.91. The Balaban J connectivity index is 2.32. The molecule has 0 aliphatic heterocycles. The number of benzene rings is 1. The molecule has 0 unspecified atom stereocenters. The molecule has 4 heteroatoms. The maximum Gasteiger partial charge on any atom is 0.119 e. The number of hydrogen-bond acceptors (Lipinski definition) is 4. The van der Waals surface area contributed by atoms with Gasteiger partial charge in [0, 0.05) is 19.6 Å². The third-order valence-electron chi connectivity index (χ3n) is 2.62. The summed E-state index contributed by atoms with van der Waals surface area (Å²) in [6, 6.07) is 7.70. The molecule has 0 aliphatic carbocycles. The molecule has 0 spiro atoms. The third kappa shape index (κ3) is 5.31. The van der Waals surface area contributed by atoms with Crippen LogP contribution in [-0.4, -0.2) is 54.6 Å². The van der Waals surface area contributed by atoms with Crippen LogP contribution in [0.3, 0.4) is 0 Å². The van der Waals surface area contributed by atoms with Crippen LogP contribution < -0.4 is 4.74 Å². The molecule has 0 atom stereocenters. The van der Waals surface area contributed by atoms with E-state index in [1.807, 2.05) is 29.2 Å². The highest BCUT2D eigenvalue weighted by atomic mass is 16.5. The van der Waals surface area contributed by atoms with Crippen LogP contribution in [0.4, 0.5) is 0 Å². The van der Waals surface area contributed by atoms with Crippen LogP contribution in [0.2, 0.25) is 0 Å². The number of nitrogens with zero attached hydrogens (tertiary/aromatic N) is 1. The molecular weight excluding hydrogens is 230 g/mol. The van der Waals surface area contributed by atoms with Crippen molar-refractivity contribution in [1.82, 2.24) is 4.90 Å². The minimum absolute atomic E-state index is 0.0913. The van der Waals surface area contributed by atoms with Crippen molar-refractivity contribution < 1.29 is 14.9 Å². The molecule has 100 valence electrons. The SMILES string of the molecule is C=Cc1ccc(OCCN(CCO)CCO)cc1. The van der Waals surface area contributed by atoms with Crippen molar-refractivity contribution >= 4 is 6.08 Å². The number of hydrogen-bond donors (Lipinski definition) is 2. The monoisotopic (exact) mass is 251 g/mol. The first-order valence-electron chi connectivity index (χ1n) is 6.09. The van der Waals surface area contributed by atoms with Gasteiger partial charge in [-0.3, -0.25) is 4.90 Å². The van der Waals surface area contributed by atoms with E-state index in [4.69, 9.17) is 14.9 Å². The van der Waals surface area contributed by atoms with Crippen molar-refractivity contribution in [3.05, 3.63) is 36.4 Å². The van der Waals surface area contributed by atoms with Crippen LogP contribution in [0.5, 0.6) is 5.75 Å². The van der Waals surface area contributed by atoms with E-state index < -0.39 is 0 Å². The van der Waals surface area contributed by atoms with Crippen molar-refractivity contribution in [1.29, 1.82) is 0 Å². The first-order chi connectivity index (χ1) is 8.80. The van der Waals surface area contributed by atoms with Gasteiger partial charge in [0.1, 0.15) is 12.4 Å². The van der Waals surface area contributed by atoms with Crippen LogP contribution in [-0.2, 0) is 0 Å². The molecule has 18 heavy (non-hydrogen) atoms. The Labute approximate surface area is 108 Å². The van der Waals surface area contributed by atoms with Crippen LogP contribution in [0.15, 0.2) is 30.8 Å². The van der Waals surface area contributed by atoms with Gasteiger partial charge in [0.2, 0.25) is 0 Å². The van der Waals surface area contributed by atoms with E-state index in [-0.39, 0.29) is 13.2 Å². The van der Waals surface area contributed by atoms with E-state index in [0.717, 1.165) is 11.3 Å². The van der Waals surface area contributed by atoms with E-state index >= 15 is 0 Å². The lowest BCUT2D eigenvalue weighted by Gasteiger charge is -2.20. The largest absolute Gasteiger partial charge is 0.492 e. The third-order valence-corrected chi connectivity index (χ3v) is 2.62. The molecule has 1 aromatic rings. The van der Waals surface area contributed by atoms with Gasteiger partial charge >= 0.3 is 0 Å². The highest BCUT2D eigenvalue weighted by Gasteiger charge is 2.03. The van der Waals surface area contributed by atoms with E-state index in [1.165, 1.54) is 0 Å². The Hall–Kier alpha value is -1.36. The number of rotatable bonds is 9. The van der Waals surface area contributed by atoms with Crippen molar-refractivity contribution in [3.63, 3.8) is 0 Å². The van der Waals surface area contributed by atoms with Crippen LogP contribution >= 0.6 is 0 Å². The Morgan fingerprint density at radius 3 is 2.17 bits per heavy atom. The molecular formula is C14H21NO3. The number of ether oxygens (including phenoxy) is 1. The highest BCUT2D eigenvalue weighted by Crippen LogP contribution is 2.12. The summed E-state index contributed by atoms with van der Waals surface area (Å²) in [5.41, 5.74) is 1.06. The molecule has 0 aromatic heterocycles. The molecule has 0 bridgehead atoms. The van der Waals surface area contributed by atoms with Crippen molar-refractivity contribution in [2.45, 2.75) is 0 Å². The predicted octanol–water partition coefficient (Wildman–Crippen LogP) is 0.995. The Morgan fingerprint density at radius 1 is 1.06 bits per heavy atom. The molecule has 0 saturated carbocycles. The van der Waals surface area contributed by atoms with Gasteiger partial charge in [-0.1, -0.05) is 24.8 Å². The average molecular weight is 251 g/mol. The van der Waals surface area contributed by atoms with Gasteiger partial charge in [-0.15, -0.1) is 0 Å². The molecule has 2 N–H and O–H groups in total. The van der Waals surface area contributed by atoms with Crippen LogP contribution in [0, 0.1) is 0 Å². The lowest BCUT2D eigenvalue weighted by Crippen LogP contribution is -2.33. The molecule has 4 nitrogen and oxygen atoms in total. The van der Waals surface area contributed by atoms with Crippen LogP contribution in [0.1, 0.15) is 5.56 Å². The summed E-state index contributed by atoms with van der Waals surface area (Å²) in [4.78, 5) is 1.96. The Bertz CT molecular complexity index is 331. The predicted molar refractivity (Wildman–Crippen MR) is 72.6 cm³/mol. The zero-order chi connectivity index (χ0) is 13.2. The molecule has 0 amide bonds. The zero-order valence-electron chi connectivity index (χ0n) is 10.6. The van der Waals surface area contributed by atoms with Gasteiger partial charge < -0.3 is 14.9 Å². The normalized spacial score (nSPS) is 10.6. The summed E-state index contributed by atoms with van der Waals surface area (Å²) in [7, 11) is 0. The fourth-order valence-electron chi connectivity index (χ4n) is 1.61. The molecule has 1 rings (SSSR count). The van der Waals surface area contributed by atoms with Gasteiger partial charge in [-0.25, -0.2) is 0 Å². The summed E-state index contributed by atoms with van der Waals surface area (Å²) in [5, 5.41) is 17.7. The Morgan fingerprint density at radius 2 is 1.67 bits per heavy atom. The zero-order valence-corrected chi connectivity index (χ0v) is 10.6. The van der Waals surface area contributed by atoms with E-state index in [9.17, 15) is 0 Å². The average Bonchev–Trinajstić information content (AvgIpc) is 2.40. The van der Waals surface area contributed by atoms with Gasteiger partial charge in [0.15, 0.2) is 0 Å². The molecule has 1 aromatic carbocycles. The van der Waals surface area contributed by atoms with Crippen molar-refractivity contribution in [3.8, 4) is 5.75 Å². The maximum atomic E-state index is 8.86. The quantitative estimate of drug-likeness (QED) is 0.687. The first-order valence-corrected chi connectivity index (χ1v) is 6.09. The van der Waals surface area contributed by atoms with E-state index in [2.05, 4.69) is 6.58 Å². The van der Waals surface area contributed by atoms with Gasteiger partial charge in [0.05, 0.1) is 13.2 Å². The number of aliphatic hydroxyl groups is 2. The molecule has 0 heterocycles. The van der Waals surface area contributed by atoms with Crippen molar-refractivity contribution in [2.75, 3.05) is 39.5 Å². The second-order valence-electron chi connectivity index (χ2n) is 3.91. The Kier molecular flexibility index (Phi) is 7.10. The minimum Gasteiger partial charge on any atom is -0.492 e. The first kappa shape index (κ1) is 14.7. The molecule has 0 radical (unpaired) electrons. The molecule has 0 saturated heterocycles. The molecule has 0 fully saturated rings.